The predicted octanol–water partition coefficient (Wildman–Crippen LogP) is 12.2. The molecule has 19 heteroatoms. The van der Waals surface area contributed by atoms with E-state index in [1.54, 1.807) is 42.5 Å². The summed E-state index contributed by atoms with van der Waals surface area (Å²) in [5, 5.41) is 40.2. The van der Waals surface area contributed by atoms with Gasteiger partial charge in [-0.15, -0.1) is 0 Å². The van der Waals surface area contributed by atoms with Gasteiger partial charge in [-0.3, -0.25) is 10.1 Å². The fraction of sp³-hybridized carbons (Fsp3) is 0. The SMILES string of the molecule is Fc1ccc([S+](c2ccc(F)cc2)c2ccc(F)cc2)cc1.O=C(O)c1cc(I)cc(I)c1[O-].O=C([O-])c1c(F)c(F)c(F)c(F)c1[N+](=O)[O-].c1ccc([S+](c2ccccc2)c2ccccc2)cc1. The Hall–Kier alpha value is -6.43. The summed E-state index contributed by atoms with van der Waals surface area (Å²) in [5.41, 5.74) is -4.15. The molecule has 0 aliphatic rings. The molecule has 0 aliphatic heterocycles. The van der Waals surface area contributed by atoms with Crippen molar-refractivity contribution < 1.29 is 60.6 Å². The molecule has 0 bridgehead atoms. The van der Waals surface area contributed by atoms with Crippen molar-refractivity contribution >= 4 is 84.6 Å². The van der Waals surface area contributed by atoms with Crippen molar-refractivity contribution in [1.82, 2.24) is 0 Å². The number of carbonyl (C=O) groups excluding carboxylic acids is 1. The first-order chi connectivity index (χ1) is 32.9. The van der Waals surface area contributed by atoms with Crippen LogP contribution in [0.5, 0.6) is 5.75 Å². The number of nitro benzene ring substituents is 1. The smallest absolute Gasteiger partial charge is 0.335 e. The van der Waals surface area contributed by atoms with Crippen molar-refractivity contribution in [2.45, 2.75) is 29.4 Å². The number of carboxylic acid groups (broad SMARTS) is 2. The van der Waals surface area contributed by atoms with Crippen LogP contribution in [0.2, 0.25) is 0 Å². The third-order valence-corrected chi connectivity index (χ3v) is 14.8. The molecule has 8 nitrogen and oxygen atoms in total. The topological polar surface area (TPSA) is 144 Å². The minimum absolute atomic E-state index is 0.0146. The van der Waals surface area contributed by atoms with E-state index in [1.807, 2.05) is 45.2 Å². The molecule has 0 spiro atoms. The molecule has 0 heterocycles. The Morgan fingerprint density at radius 1 is 0.493 bits per heavy atom. The Kier molecular flexibility index (Phi) is 19.6. The van der Waals surface area contributed by atoms with Gasteiger partial charge in [-0.05, 0) is 167 Å². The molecule has 0 atom stereocenters. The standard InChI is InChI=1S/C18H12F3S.C18H15S.C7HF4NO4.C7H4I2O3/c19-13-1-7-16(8-2-13)22(17-9-3-14(20)4-10-17)18-11-5-15(21)6-12-18;1-4-10-16(11-5-1)19(17-12-6-2-7-13-17)18-14-8-3-9-15-18;8-2-1(7(13)14)6(12(15)16)5(11)4(10)3(2)9;8-3-1-4(7(11)12)6(10)5(9)2-3/h1-12H;1-15H;(H,13,14);1-2,10H,(H,11,12)/q2*+1;;/p-2. The van der Waals surface area contributed by atoms with Crippen molar-refractivity contribution in [2.24, 2.45) is 0 Å². The Bertz CT molecular complexity index is 2790. The van der Waals surface area contributed by atoms with E-state index < -0.39 is 68.0 Å². The van der Waals surface area contributed by atoms with Crippen LogP contribution in [0.1, 0.15) is 20.7 Å². The molecule has 0 radical (unpaired) electrons. The van der Waals surface area contributed by atoms with Gasteiger partial charge in [0.15, 0.2) is 41.0 Å². The maximum absolute atomic E-state index is 13.2. The molecule has 0 saturated carbocycles. The summed E-state index contributed by atoms with van der Waals surface area (Å²) in [6.45, 7) is 0. The van der Waals surface area contributed by atoms with Crippen LogP contribution in [0.3, 0.4) is 0 Å². The Morgan fingerprint density at radius 2 is 0.812 bits per heavy atom. The quantitative estimate of drug-likeness (QED) is 0.0288. The van der Waals surface area contributed by atoms with Crippen LogP contribution in [0, 0.1) is 58.0 Å². The third kappa shape index (κ3) is 14.3. The normalized spacial score (nSPS) is 10.5. The number of hydrogen-bond donors (Lipinski definition) is 1. The van der Waals surface area contributed by atoms with Gasteiger partial charge in [0.1, 0.15) is 23.0 Å². The molecule has 0 unspecified atom stereocenters. The Labute approximate surface area is 422 Å². The highest BCUT2D eigenvalue weighted by Gasteiger charge is 2.34. The van der Waals surface area contributed by atoms with Gasteiger partial charge in [0.2, 0.25) is 11.6 Å². The van der Waals surface area contributed by atoms with Crippen LogP contribution in [0.25, 0.3) is 0 Å². The fourth-order valence-corrected chi connectivity index (χ4v) is 11.9. The lowest BCUT2D eigenvalue weighted by atomic mass is 10.1. The molecular weight excluding hydrogens is 1180 g/mol. The number of nitro groups is 1. The zero-order chi connectivity index (χ0) is 50.4. The van der Waals surface area contributed by atoms with Crippen LogP contribution in [-0.2, 0) is 21.8 Å². The van der Waals surface area contributed by atoms with E-state index in [1.165, 1.54) is 57.2 Å². The Balaban J connectivity index is 0.000000176. The molecule has 0 aromatic heterocycles. The van der Waals surface area contributed by atoms with Crippen molar-refractivity contribution in [3.05, 3.63) is 245 Å². The van der Waals surface area contributed by atoms with E-state index in [-0.39, 0.29) is 33.9 Å². The molecular formula is C50H30F7I2NO7S2. The largest absolute Gasteiger partial charge is 0.871 e. The minimum Gasteiger partial charge on any atom is -0.871 e. The highest BCUT2D eigenvalue weighted by molar-refractivity contribution is 14.1. The second kappa shape index (κ2) is 25.3. The van der Waals surface area contributed by atoms with Crippen LogP contribution in [0.4, 0.5) is 36.4 Å². The van der Waals surface area contributed by atoms with E-state index in [0.29, 0.717) is 3.57 Å². The molecule has 0 amide bonds. The van der Waals surface area contributed by atoms with E-state index in [0.717, 1.165) is 18.3 Å². The molecule has 8 rings (SSSR count). The lowest BCUT2D eigenvalue weighted by molar-refractivity contribution is -0.389. The summed E-state index contributed by atoms with van der Waals surface area (Å²) in [6, 6.07) is 53.7. The van der Waals surface area contributed by atoms with E-state index in [2.05, 4.69) is 91.0 Å². The summed E-state index contributed by atoms with van der Waals surface area (Å²) in [7, 11) is -0.554. The van der Waals surface area contributed by atoms with Gasteiger partial charge < -0.3 is 20.1 Å². The van der Waals surface area contributed by atoms with Crippen molar-refractivity contribution in [3.63, 3.8) is 0 Å². The fourth-order valence-electron chi connectivity index (χ4n) is 5.90. The van der Waals surface area contributed by atoms with Crippen molar-refractivity contribution in [3.8, 4) is 5.75 Å². The molecule has 8 aromatic carbocycles. The maximum Gasteiger partial charge on any atom is 0.335 e. The van der Waals surface area contributed by atoms with Crippen LogP contribution in [-0.4, -0.2) is 22.0 Å². The minimum atomic E-state index is -2.53. The molecule has 352 valence electrons. The number of benzene rings is 8. The summed E-state index contributed by atoms with van der Waals surface area (Å²) < 4.78 is 91.4. The summed E-state index contributed by atoms with van der Waals surface area (Å²) in [6.07, 6.45) is 0. The van der Waals surface area contributed by atoms with Gasteiger partial charge in [0, 0.05) is 7.14 Å². The van der Waals surface area contributed by atoms with Gasteiger partial charge in [0.25, 0.3) is 0 Å². The van der Waals surface area contributed by atoms with Crippen molar-refractivity contribution in [1.29, 1.82) is 0 Å². The van der Waals surface area contributed by atoms with Gasteiger partial charge in [0.05, 0.1) is 38.2 Å². The van der Waals surface area contributed by atoms with Crippen LogP contribution < -0.4 is 10.2 Å². The lowest BCUT2D eigenvalue weighted by Crippen LogP contribution is -2.26. The number of hydrogen-bond acceptors (Lipinski definition) is 6. The Morgan fingerprint density at radius 3 is 1.12 bits per heavy atom. The van der Waals surface area contributed by atoms with Gasteiger partial charge in [-0.25, -0.2) is 31.1 Å². The highest BCUT2D eigenvalue weighted by Crippen LogP contribution is 2.33. The number of aromatic carboxylic acids is 2. The summed E-state index contributed by atoms with van der Waals surface area (Å²) >= 11 is 3.80. The molecule has 1 N–H and O–H groups in total. The van der Waals surface area contributed by atoms with Crippen LogP contribution in [0.15, 0.2) is 205 Å². The second-order valence-electron chi connectivity index (χ2n) is 13.5. The first-order valence-electron chi connectivity index (χ1n) is 19.4. The third-order valence-electron chi connectivity index (χ3n) is 8.95. The summed E-state index contributed by atoms with van der Waals surface area (Å²) in [5.74, 6) is -14.8. The zero-order valence-corrected chi connectivity index (χ0v) is 40.8. The van der Waals surface area contributed by atoms with Gasteiger partial charge in [-0.1, -0.05) is 60.3 Å². The molecule has 0 saturated heterocycles. The molecule has 8 aromatic rings. The summed E-state index contributed by atoms with van der Waals surface area (Å²) in [4.78, 5) is 36.0. The number of nitrogens with zero attached hydrogens (tertiary/aromatic N) is 1. The molecule has 69 heavy (non-hydrogen) atoms. The maximum atomic E-state index is 13.2. The number of carbonyl (C=O) groups is 2. The van der Waals surface area contributed by atoms with E-state index in [4.69, 9.17) is 5.11 Å². The van der Waals surface area contributed by atoms with Gasteiger partial charge in [-0.2, -0.15) is 4.39 Å². The molecule has 0 fully saturated rings. The molecule has 0 aliphatic carbocycles. The average Bonchev–Trinajstić information content (AvgIpc) is 3.34. The number of halogens is 9. The number of carboxylic acids is 2. The first-order valence-corrected chi connectivity index (χ1v) is 24.0. The highest BCUT2D eigenvalue weighted by atomic mass is 127. The van der Waals surface area contributed by atoms with Gasteiger partial charge >= 0.3 is 11.7 Å². The van der Waals surface area contributed by atoms with Crippen molar-refractivity contribution in [2.75, 3.05) is 0 Å². The zero-order valence-electron chi connectivity index (χ0n) is 34.8. The average molecular weight is 1210 g/mol. The van der Waals surface area contributed by atoms with E-state index in [9.17, 15) is 60.6 Å². The second-order valence-corrected chi connectivity index (χ2v) is 20.0. The number of rotatable bonds is 9. The predicted molar refractivity (Wildman–Crippen MR) is 258 cm³/mol. The van der Waals surface area contributed by atoms with Crippen LogP contribution >= 0.6 is 45.2 Å². The lowest BCUT2D eigenvalue weighted by Gasteiger charge is -2.12. The van der Waals surface area contributed by atoms with E-state index >= 15 is 0 Å². The first kappa shape index (κ1) is 53.5. The monoisotopic (exact) mass is 1210 g/mol.